The van der Waals surface area contributed by atoms with Gasteiger partial charge in [0.2, 0.25) is 5.91 Å². The highest BCUT2D eigenvalue weighted by Crippen LogP contribution is 2.11. The third-order valence-electron chi connectivity index (χ3n) is 4.90. The molecule has 0 aliphatic carbocycles. The van der Waals surface area contributed by atoms with Gasteiger partial charge in [-0.3, -0.25) is 14.6 Å². The molecule has 0 unspecified atom stereocenters. The van der Waals surface area contributed by atoms with Crippen molar-refractivity contribution in [2.24, 2.45) is 0 Å². The molecule has 6 nitrogen and oxygen atoms in total. The summed E-state index contributed by atoms with van der Waals surface area (Å²) in [5, 5.41) is 2.99. The maximum absolute atomic E-state index is 12.2. The first kappa shape index (κ1) is 20.2. The van der Waals surface area contributed by atoms with Gasteiger partial charge in [-0.05, 0) is 29.8 Å². The highest BCUT2D eigenvalue weighted by molar-refractivity contribution is 5.78. The molecule has 1 aliphatic heterocycles. The molecule has 1 fully saturated rings. The Morgan fingerprint density at radius 1 is 0.929 bits per heavy atom. The lowest BCUT2D eigenvalue weighted by molar-refractivity contribution is -0.122. The third kappa shape index (κ3) is 6.55. The van der Waals surface area contributed by atoms with Gasteiger partial charge in [-0.1, -0.05) is 30.3 Å². The smallest absolute Gasteiger partial charge is 0.234 e. The fourth-order valence-corrected chi connectivity index (χ4v) is 3.18. The standard InChI is InChI=1S/C22H29N3O3/c1-27-20-9-7-19(8-10-20)17-23-22(26)18-25-13-11-24(12-14-25)15-16-28-21-5-3-2-4-6-21/h2-10H,11-18H2,1H3,(H,23,26). The number of rotatable bonds is 9. The van der Waals surface area contributed by atoms with Crippen molar-refractivity contribution in [3.8, 4) is 11.5 Å². The van der Waals surface area contributed by atoms with E-state index >= 15 is 0 Å². The van der Waals surface area contributed by atoms with Gasteiger partial charge in [0.15, 0.2) is 0 Å². The van der Waals surface area contributed by atoms with E-state index in [-0.39, 0.29) is 5.91 Å². The highest BCUT2D eigenvalue weighted by atomic mass is 16.5. The highest BCUT2D eigenvalue weighted by Gasteiger charge is 2.18. The monoisotopic (exact) mass is 383 g/mol. The molecule has 1 amide bonds. The van der Waals surface area contributed by atoms with Crippen LogP contribution in [0.2, 0.25) is 0 Å². The number of carbonyl (C=O) groups is 1. The van der Waals surface area contributed by atoms with Gasteiger partial charge >= 0.3 is 0 Å². The van der Waals surface area contributed by atoms with Crippen LogP contribution in [0, 0.1) is 0 Å². The zero-order chi connectivity index (χ0) is 19.6. The number of nitrogens with one attached hydrogen (secondary N) is 1. The number of hydrogen-bond acceptors (Lipinski definition) is 5. The lowest BCUT2D eigenvalue weighted by Gasteiger charge is -2.34. The molecule has 1 aliphatic rings. The normalized spacial score (nSPS) is 15.2. The minimum atomic E-state index is 0.0664. The molecule has 1 heterocycles. The summed E-state index contributed by atoms with van der Waals surface area (Å²) in [4.78, 5) is 16.8. The Hall–Kier alpha value is -2.57. The van der Waals surface area contributed by atoms with Crippen LogP contribution in [0.1, 0.15) is 5.56 Å². The first-order chi connectivity index (χ1) is 13.7. The average molecular weight is 383 g/mol. The SMILES string of the molecule is COc1ccc(CNC(=O)CN2CCN(CCOc3ccccc3)CC2)cc1. The zero-order valence-corrected chi connectivity index (χ0v) is 16.5. The summed E-state index contributed by atoms with van der Waals surface area (Å²) in [5.74, 6) is 1.80. The lowest BCUT2D eigenvalue weighted by atomic mass is 10.2. The lowest BCUT2D eigenvalue weighted by Crippen LogP contribution is -2.50. The van der Waals surface area contributed by atoms with Gasteiger partial charge < -0.3 is 14.8 Å². The van der Waals surface area contributed by atoms with Crippen LogP contribution in [0.4, 0.5) is 0 Å². The van der Waals surface area contributed by atoms with E-state index in [1.807, 2.05) is 54.6 Å². The van der Waals surface area contributed by atoms with E-state index in [2.05, 4.69) is 15.1 Å². The second-order valence-corrected chi connectivity index (χ2v) is 6.90. The van der Waals surface area contributed by atoms with Crippen LogP contribution in [0.25, 0.3) is 0 Å². The van der Waals surface area contributed by atoms with Crippen molar-refractivity contribution in [2.45, 2.75) is 6.54 Å². The number of benzene rings is 2. The molecule has 6 heteroatoms. The number of nitrogens with zero attached hydrogens (tertiary/aromatic N) is 2. The van der Waals surface area contributed by atoms with Gasteiger partial charge in [-0.15, -0.1) is 0 Å². The summed E-state index contributed by atoms with van der Waals surface area (Å²) >= 11 is 0. The van der Waals surface area contributed by atoms with Crippen LogP contribution in [0.5, 0.6) is 11.5 Å². The molecule has 0 aromatic heterocycles. The van der Waals surface area contributed by atoms with E-state index in [1.165, 1.54) is 0 Å². The summed E-state index contributed by atoms with van der Waals surface area (Å²) in [6, 6.07) is 17.6. The zero-order valence-electron chi connectivity index (χ0n) is 16.5. The van der Waals surface area contributed by atoms with Gasteiger partial charge in [-0.2, -0.15) is 0 Å². The summed E-state index contributed by atoms with van der Waals surface area (Å²) in [6.07, 6.45) is 0. The molecule has 0 spiro atoms. The van der Waals surface area contributed by atoms with Crippen molar-refractivity contribution in [3.05, 3.63) is 60.2 Å². The van der Waals surface area contributed by atoms with Gasteiger partial charge in [0.05, 0.1) is 13.7 Å². The number of piperazine rings is 1. The summed E-state index contributed by atoms with van der Waals surface area (Å²) < 4.78 is 10.9. The Balaban J connectivity index is 1.29. The predicted octanol–water partition coefficient (Wildman–Crippen LogP) is 2.01. The molecule has 0 radical (unpaired) electrons. The van der Waals surface area contributed by atoms with E-state index in [4.69, 9.17) is 9.47 Å². The molecule has 28 heavy (non-hydrogen) atoms. The third-order valence-corrected chi connectivity index (χ3v) is 4.90. The van der Waals surface area contributed by atoms with Crippen LogP contribution >= 0.6 is 0 Å². The Labute approximate surface area is 167 Å². The Morgan fingerprint density at radius 3 is 2.29 bits per heavy atom. The van der Waals surface area contributed by atoms with Crippen molar-refractivity contribution in [1.82, 2.24) is 15.1 Å². The maximum Gasteiger partial charge on any atom is 0.234 e. The minimum Gasteiger partial charge on any atom is -0.497 e. The summed E-state index contributed by atoms with van der Waals surface area (Å²) in [6.45, 7) is 6.32. The molecule has 1 N–H and O–H groups in total. The van der Waals surface area contributed by atoms with E-state index in [0.717, 1.165) is 49.8 Å². The van der Waals surface area contributed by atoms with Crippen LogP contribution < -0.4 is 14.8 Å². The van der Waals surface area contributed by atoms with Crippen molar-refractivity contribution in [2.75, 3.05) is 53.0 Å². The summed E-state index contributed by atoms with van der Waals surface area (Å²) in [7, 11) is 1.65. The number of hydrogen-bond donors (Lipinski definition) is 1. The maximum atomic E-state index is 12.2. The predicted molar refractivity (Wildman–Crippen MR) is 110 cm³/mol. The first-order valence-corrected chi connectivity index (χ1v) is 9.75. The quantitative estimate of drug-likeness (QED) is 0.718. The second kappa shape index (κ2) is 10.7. The van der Waals surface area contributed by atoms with Gasteiger partial charge in [-0.25, -0.2) is 0 Å². The molecule has 2 aromatic carbocycles. The fourth-order valence-electron chi connectivity index (χ4n) is 3.18. The van der Waals surface area contributed by atoms with Crippen LogP contribution in [-0.4, -0.2) is 68.7 Å². The largest absolute Gasteiger partial charge is 0.497 e. The average Bonchev–Trinajstić information content (AvgIpc) is 2.75. The Kier molecular flexibility index (Phi) is 7.70. The molecule has 2 aromatic rings. The van der Waals surface area contributed by atoms with E-state index < -0.39 is 0 Å². The Bertz CT molecular complexity index is 714. The van der Waals surface area contributed by atoms with E-state index in [1.54, 1.807) is 7.11 Å². The van der Waals surface area contributed by atoms with Gasteiger partial charge in [0.25, 0.3) is 0 Å². The molecule has 0 atom stereocenters. The molecular weight excluding hydrogens is 354 g/mol. The fraction of sp³-hybridized carbons (Fsp3) is 0.409. The topological polar surface area (TPSA) is 54.0 Å². The summed E-state index contributed by atoms with van der Waals surface area (Å²) in [5.41, 5.74) is 1.07. The number of ether oxygens (including phenoxy) is 2. The first-order valence-electron chi connectivity index (χ1n) is 9.75. The Morgan fingerprint density at radius 2 is 1.61 bits per heavy atom. The number of methoxy groups -OCH3 is 1. The number of carbonyl (C=O) groups excluding carboxylic acids is 1. The number of para-hydroxylation sites is 1. The molecule has 0 saturated carbocycles. The molecule has 150 valence electrons. The van der Waals surface area contributed by atoms with Crippen molar-refractivity contribution in [3.63, 3.8) is 0 Å². The molecule has 0 bridgehead atoms. The van der Waals surface area contributed by atoms with Gasteiger partial charge in [0, 0.05) is 39.3 Å². The van der Waals surface area contributed by atoms with Crippen molar-refractivity contribution < 1.29 is 14.3 Å². The number of amides is 1. The van der Waals surface area contributed by atoms with Crippen LogP contribution in [0.15, 0.2) is 54.6 Å². The van der Waals surface area contributed by atoms with Gasteiger partial charge in [0.1, 0.15) is 18.1 Å². The van der Waals surface area contributed by atoms with E-state index in [0.29, 0.717) is 19.7 Å². The van der Waals surface area contributed by atoms with Crippen molar-refractivity contribution >= 4 is 5.91 Å². The van der Waals surface area contributed by atoms with Crippen LogP contribution in [-0.2, 0) is 11.3 Å². The second-order valence-electron chi connectivity index (χ2n) is 6.90. The molecule has 1 saturated heterocycles. The van der Waals surface area contributed by atoms with Crippen molar-refractivity contribution in [1.29, 1.82) is 0 Å². The van der Waals surface area contributed by atoms with E-state index in [9.17, 15) is 4.79 Å². The van der Waals surface area contributed by atoms with Crippen LogP contribution in [0.3, 0.4) is 0 Å². The molecular formula is C22H29N3O3. The minimum absolute atomic E-state index is 0.0664. The molecule has 3 rings (SSSR count).